The van der Waals surface area contributed by atoms with Gasteiger partial charge in [-0.15, -0.1) is 0 Å². The lowest BCUT2D eigenvalue weighted by molar-refractivity contribution is -0.137. The summed E-state index contributed by atoms with van der Waals surface area (Å²) < 4.78 is 11.0. The number of benzene rings is 1. The van der Waals surface area contributed by atoms with Crippen LogP contribution in [0.3, 0.4) is 0 Å². The Morgan fingerprint density at radius 3 is 2.19 bits per heavy atom. The molecule has 0 amide bonds. The van der Waals surface area contributed by atoms with E-state index in [1.807, 2.05) is 44.4 Å². The van der Waals surface area contributed by atoms with Gasteiger partial charge in [0.25, 0.3) is 0 Å². The second kappa shape index (κ2) is 12.9. The molecule has 0 aliphatic heterocycles. The van der Waals surface area contributed by atoms with Crippen molar-refractivity contribution in [2.45, 2.75) is 45.6 Å². The third-order valence-electron chi connectivity index (χ3n) is 6.47. The molecule has 2 heterocycles. The summed E-state index contributed by atoms with van der Waals surface area (Å²) in [5, 5.41) is 13.2. The van der Waals surface area contributed by atoms with E-state index in [9.17, 15) is 9.90 Å². The number of aliphatic carboxylic acids is 1. The van der Waals surface area contributed by atoms with E-state index >= 15 is 0 Å². The highest BCUT2D eigenvalue weighted by Crippen LogP contribution is 2.37. The average Bonchev–Trinajstić information content (AvgIpc) is 2.91. The number of rotatable bonds is 13. The number of carboxylic acid groups (broad SMARTS) is 1. The van der Waals surface area contributed by atoms with Gasteiger partial charge in [0.15, 0.2) is 0 Å². The van der Waals surface area contributed by atoms with Gasteiger partial charge in [0.1, 0.15) is 23.4 Å². The normalized spacial score (nSPS) is 11.8. The molecule has 3 aromatic rings. The largest absolute Gasteiger partial charge is 0.496 e. The summed E-state index contributed by atoms with van der Waals surface area (Å²) in [6.45, 7) is 4.32. The smallest absolute Gasteiger partial charge is 0.326 e. The highest BCUT2D eigenvalue weighted by atomic mass is 16.5. The van der Waals surface area contributed by atoms with Crippen molar-refractivity contribution in [2.24, 2.45) is 5.92 Å². The number of aromatic nitrogens is 3. The predicted octanol–water partition coefficient (Wildman–Crippen LogP) is 4.71. The number of carbonyl (C=O) groups is 1. The van der Waals surface area contributed by atoms with Crippen LogP contribution in [0, 0.1) is 5.92 Å². The number of carboxylic acids is 1. The average molecular weight is 508 g/mol. The molecule has 198 valence electrons. The Hall–Kier alpha value is -3.88. The SMILES string of the molecule is CCC(CC)Cc1cnc(N(C)C)nc1NC(Cc1ccc(-c2c(OC)cccc2OC)nc1)C(=O)O. The van der Waals surface area contributed by atoms with Crippen molar-refractivity contribution in [2.75, 3.05) is 38.5 Å². The zero-order valence-corrected chi connectivity index (χ0v) is 22.5. The molecule has 1 unspecified atom stereocenters. The molecule has 0 fully saturated rings. The molecule has 0 saturated heterocycles. The molecule has 0 saturated carbocycles. The number of anilines is 2. The zero-order chi connectivity index (χ0) is 26.9. The summed E-state index contributed by atoms with van der Waals surface area (Å²) in [5.74, 6) is 1.89. The molecule has 0 radical (unpaired) electrons. The van der Waals surface area contributed by atoms with Gasteiger partial charge in [-0.25, -0.2) is 9.78 Å². The first kappa shape index (κ1) is 27.7. The van der Waals surface area contributed by atoms with Crippen LogP contribution in [0.4, 0.5) is 11.8 Å². The first-order valence-electron chi connectivity index (χ1n) is 12.5. The van der Waals surface area contributed by atoms with Gasteiger partial charge in [-0.3, -0.25) is 4.98 Å². The minimum Gasteiger partial charge on any atom is -0.496 e. The summed E-state index contributed by atoms with van der Waals surface area (Å²) in [6, 6.07) is 8.38. The van der Waals surface area contributed by atoms with Crippen LogP contribution in [-0.4, -0.2) is 60.4 Å². The third kappa shape index (κ3) is 6.87. The number of nitrogens with one attached hydrogen (secondary N) is 1. The molecule has 9 nitrogen and oxygen atoms in total. The predicted molar refractivity (Wildman–Crippen MR) is 146 cm³/mol. The van der Waals surface area contributed by atoms with Gasteiger partial charge in [-0.1, -0.05) is 38.8 Å². The van der Waals surface area contributed by atoms with Gasteiger partial charge in [-0.05, 0) is 36.1 Å². The molecule has 2 aromatic heterocycles. The minimum absolute atomic E-state index is 0.234. The molecule has 0 spiro atoms. The lowest BCUT2D eigenvalue weighted by atomic mass is 9.95. The van der Waals surface area contributed by atoms with E-state index in [-0.39, 0.29) is 6.42 Å². The lowest BCUT2D eigenvalue weighted by Gasteiger charge is -2.21. The fourth-order valence-electron chi connectivity index (χ4n) is 4.17. The third-order valence-corrected chi connectivity index (χ3v) is 6.47. The van der Waals surface area contributed by atoms with Crippen LogP contribution in [0.15, 0.2) is 42.7 Å². The molecule has 1 aromatic carbocycles. The number of methoxy groups -OCH3 is 2. The Kier molecular flexibility index (Phi) is 9.65. The first-order chi connectivity index (χ1) is 17.8. The van der Waals surface area contributed by atoms with Crippen LogP contribution in [0.2, 0.25) is 0 Å². The Bertz CT molecular complexity index is 1160. The standard InChI is InChI=1S/C28H37N5O4/c1-7-18(8-2)14-20-17-30-28(33(3)4)32-26(20)31-22(27(34)35)15-19-12-13-21(29-16-19)25-23(36-5)10-9-11-24(25)37-6/h9-13,16-18,22H,7-8,14-15H2,1-6H3,(H,34,35)(H,30,31,32). The summed E-state index contributed by atoms with van der Waals surface area (Å²) in [6.07, 6.45) is 6.57. The van der Waals surface area contributed by atoms with E-state index < -0.39 is 12.0 Å². The molecular weight excluding hydrogens is 470 g/mol. The molecule has 0 aliphatic rings. The lowest BCUT2D eigenvalue weighted by Crippen LogP contribution is -2.33. The summed E-state index contributed by atoms with van der Waals surface area (Å²) in [4.78, 5) is 27.8. The molecule has 2 N–H and O–H groups in total. The zero-order valence-electron chi connectivity index (χ0n) is 22.5. The monoisotopic (exact) mass is 507 g/mol. The highest BCUT2D eigenvalue weighted by molar-refractivity contribution is 5.78. The number of ether oxygens (including phenoxy) is 2. The second-order valence-electron chi connectivity index (χ2n) is 9.15. The van der Waals surface area contributed by atoms with Gasteiger partial charge in [0, 0.05) is 38.5 Å². The molecule has 37 heavy (non-hydrogen) atoms. The van der Waals surface area contributed by atoms with E-state index in [2.05, 4.69) is 34.1 Å². The van der Waals surface area contributed by atoms with Crippen molar-refractivity contribution in [3.05, 3.63) is 53.9 Å². The van der Waals surface area contributed by atoms with Crippen LogP contribution in [0.25, 0.3) is 11.3 Å². The van der Waals surface area contributed by atoms with E-state index in [0.29, 0.717) is 34.9 Å². The fourth-order valence-corrected chi connectivity index (χ4v) is 4.17. The number of hydrogen-bond donors (Lipinski definition) is 2. The van der Waals surface area contributed by atoms with Gasteiger partial charge < -0.3 is 24.8 Å². The molecule has 3 rings (SSSR count). The number of nitrogens with zero attached hydrogens (tertiary/aromatic N) is 4. The van der Waals surface area contributed by atoms with E-state index in [0.717, 1.165) is 36.0 Å². The number of hydrogen-bond acceptors (Lipinski definition) is 8. The van der Waals surface area contributed by atoms with Crippen molar-refractivity contribution >= 4 is 17.7 Å². The minimum atomic E-state index is -0.964. The van der Waals surface area contributed by atoms with Crippen molar-refractivity contribution in [1.82, 2.24) is 15.0 Å². The van der Waals surface area contributed by atoms with Crippen molar-refractivity contribution in [3.63, 3.8) is 0 Å². The quantitative estimate of drug-likeness (QED) is 0.340. The Balaban J connectivity index is 1.87. The molecule has 9 heteroatoms. The Morgan fingerprint density at radius 2 is 1.68 bits per heavy atom. The highest BCUT2D eigenvalue weighted by Gasteiger charge is 2.22. The topological polar surface area (TPSA) is 110 Å². The Labute approximate surface area is 218 Å². The van der Waals surface area contributed by atoms with Crippen molar-refractivity contribution < 1.29 is 19.4 Å². The summed E-state index contributed by atoms with van der Waals surface area (Å²) in [7, 11) is 6.92. The molecule has 0 aliphatic carbocycles. The summed E-state index contributed by atoms with van der Waals surface area (Å²) >= 11 is 0. The summed E-state index contributed by atoms with van der Waals surface area (Å²) in [5.41, 5.74) is 3.12. The van der Waals surface area contributed by atoms with E-state index in [1.54, 1.807) is 31.5 Å². The van der Waals surface area contributed by atoms with Gasteiger partial charge in [-0.2, -0.15) is 4.98 Å². The molecule has 1 atom stereocenters. The van der Waals surface area contributed by atoms with Crippen LogP contribution in [0.5, 0.6) is 11.5 Å². The van der Waals surface area contributed by atoms with Gasteiger partial charge >= 0.3 is 5.97 Å². The fraction of sp³-hybridized carbons (Fsp3) is 0.429. The van der Waals surface area contributed by atoms with E-state index in [4.69, 9.17) is 9.47 Å². The maximum absolute atomic E-state index is 12.3. The number of pyridine rings is 1. The Morgan fingerprint density at radius 1 is 1.00 bits per heavy atom. The van der Waals surface area contributed by atoms with E-state index in [1.165, 1.54) is 0 Å². The van der Waals surface area contributed by atoms with Crippen LogP contribution in [0.1, 0.15) is 37.8 Å². The molecular formula is C28H37N5O4. The maximum atomic E-state index is 12.3. The first-order valence-corrected chi connectivity index (χ1v) is 12.5. The molecule has 0 bridgehead atoms. The van der Waals surface area contributed by atoms with Crippen LogP contribution < -0.4 is 19.7 Å². The second-order valence-corrected chi connectivity index (χ2v) is 9.15. The van der Waals surface area contributed by atoms with Crippen molar-refractivity contribution in [3.8, 4) is 22.8 Å². The van der Waals surface area contributed by atoms with Gasteiger partial charge in [0.05, 0.1) is 25.5 Å². The van der Waals surface area contributed by atoms with Crippen LogP contribution >= 0.6 is 0 Å². The van der Waals surface area contributed by atoms with Crippen molar-refractivity contribution in [1.29, 1.82) is 0 Å². The van der Waals surface area contributed by atoms with Crippen LogP contribution in [-0.2, 0) is 17.6 Å². The maximum Gasteiger partial charge on any atom is 0.326 e. The van der Waals surface area contributed by atoms with Gasteiger partial charge in [0.2, 0.25) is 5.95 Å².